The fourth-order valence-electron chi connectivity index (χ4n) is 2.17. The summed E-state index contributed by atoms with van der Waals surface area (Å²) in [5.41, 5.74) is 0.979. The summed E-state index contributed by atoms with van der Waals surface area (Å²) in [6, 6.07) is 7.90. The molecule has 0 bridgehead atoms. The Labute approximate surface area is 112 Å². The van der Waals surface area contributed by atoms with Crippen molar-refractivity contribution >= 4 is 10.9 Å². The number of benzene rings is 2. The van der Waals surface area contributed by atoms with Gasteiger partial charge in [0.25, 0.3) is 0 Å². The molecule has 2 aromatic carbocycles. The van der Waals surface area contributed by atoms with Crippen LogP contribution in [0.3, 0.4) is 0 Å². The SMILES string of the molecule is OC(c1ccc2[nH]ccc2c1)c1cc(F)c(F)cc1F. The van der Waals surface area contributed by atoms with Crippen LogP contribution in [0.5, 0.6) is 0 Å². The summed E-state index contributed by atoms with van der Waals surface area (Å²) < 4.78 is 39.7. The predicted octanol–water partition coefficient (Wildman–Crippen LogP) is 3.67. The normalized spacial score (nSPS) is 12.8. The van der Waals surface area contributed by atoms with Crippen LogP contribution >= 0.6 is 0 Å². The van der Waals surface area contributed by atoms with Crippen LogP contribution < -0.4 is 0 Å². The fraction of sp³-hybridized carbons (Fsp3) is 0.0667. The van der Waals surface area contributed by atoms with Gasteiger partial charge in [-0.1, -0.05) is 6.07 Å². The van der Waals surface area contributed by atoms with E-state index in [4.69, 9.17) is 0 Å². The zero-order chi connectivity index (χ0) is 14.3. The number of aromatic amines is 1. The van der Waals surface area contributed by atoms with E-state index < -0.39 is 23.6 Å². The highest BCUT2D eigenvalue weighted by atomic mass is 19.2. The third-order valence-electron chi connectivity index (χ3n) is 3.23. The minimum atomic E-state index is -1.36. The van der Waals surface area contributed by atoms with Gasteiger partial charge in [-0.25, -0.2) is 13.2 Å². The lowest BCUT2D eigenvalue weighted by atomic mass is 9.99. The van der Waals surface area contributed by atoms with E-state index in [2.05, 4.69) is 4.98 Å². The van der Waals surface area contributed by atoms with Crippen molar-refractivity contribution in [1.82, 2.24) is 4.98 Å². The van der Waals surface area contributed by atoms with Gasteiger partial charge in [-0.05, 0) is 35.2 Å². The van der Waals surface area contributed by atoms with Crippen molar-refractivity contribution < 1.29 is 18.3 Å². The van der Waals surface area contributed by atoms with Crippen LogP contribution in [0.4, 0.5) is 13.2 Å². The van der Waals surface area contributed by atoms with E-state index in [1.54, 1.807) is 30.5 Å². The molecule has 0 aliphatic heterocycles. The number of halogens is 3. The summed E-state index contributed by atoms with van der Waals surface area (Å²) in [5, 5.41) is 11.0. The fourth-order valence-corrected chi connectivity index (χ4v) is 2.17. The van der Waals surface area contributed by atoms with E-state index >= 15 is 0 Å². The van der Waals surface area contributed by atoms with Gasteiger partial charge in [0.15, 0.2) is 11.6 Å². The minimum Gasteiger partial charge on any atom is -0.384 e. The molecule has 3 aromatic rings. The Morgan fingerprint density at radius 1 is 0.900 bits per heavy atom. The topological polar surface area (TPSA) is 36.0 Å². The van der Waals surface area contributed by atoms with E-state index in [1.165, 1.54) is 0 Å². The molecule has 0 saturated heterocycles. The lowest BCUT2D eigenvalue weighted by molar-refractivity contribution is 0.214. The first-order chi connectivity index (χ1) is 9.56. The maximum Gasteiger partial charge on any atom is 0.161 e. The van der Waals surface area contributed by atoms with E-state index in [-0.39, 0.29) is 5.56 Å². The van der Waals surface area contributed by atoms with Crippen LogP contribution in [-0.4, -0.2) is 10.1 Å². The second-order valence-corrected chi connectivity index (χ2v) is 4.51. The summed E-state index contributed by atoms with van der Waals surface area (Å²) in [5.74, 6) is -3.45. The molecule has 1 atom stereocenters. The quantitative estimate of drug-likeness (QED) is 0.689. The first-order valence-corrected chi connectivity index (χ1v) is 5.96. The standard InChI is InChI=1S/C15H10F3NO/c16-11-7-13(18)12(17)6-10(11)15(20)9-1-2-14-8(5-9)3-4-19-14/h1-7,15,19-20H. The number of fused-ring (bicyclic) bond motifs is 1. The second-order valence-electron chi connectivity index (χ2n) is 4.51. The van der Waals surface area contributed by atoms with Crippen LogP contribution in [0.25, 0.3) is 10.9 Å². The summed E-state index contributed by atoms with van der Waals surface area (Å²) in [6.45, 7) is 0. The van der Waals surface area contributed by atoms with Crippen molar-refractivity contribution in [2.75, 3.05) is 0 Å². The first kappa shape index (κ1) is 12.7. The van der Waals surface area contributed by atoms with Crippen LogP contribution in [0, 0.1) is 17.5 Å². The molecule has 1 heterocycles. The molecule has 20 heavy (non-hydrogen) atoms. The van der Waals surface area contributed by atoms with Gasteiger partial charge in [0.2, 0.25) is 0 Å². The molecule has 3 rings (SSSR count). The number of rotatable bonds is 2. The Morgan fingerprint density at radius 2 is 1.65 bits per heavy atom. The Hall–Kier alpha value is -2.27. The van der Waals surface area contributed by atoms with Gasteiger partial charge in [0.1, 0.15) is 11.9 Å². The van der Waals surface area contributed by atoms with Gasteiger partial charge >= 0.3 is 0 Å². The monoisotopic (exact) mass is 277 g/mol. The van der Waals surface area contributed by atoms with Crippen molar-refractivity contribution in [2.45, 2.75) is 6.10 Å². The van der Waals surface area contributed by atoms with Gasteiger partial charge in [0.05, 0.1) is 0 Å². The molecule has 102 valence electrons. The highest BCUT2D eigenvalue weighted by molar-refractivity contribution is 5.80. The van der Waals surface area contributed by atoms with Gasteiger partial charge in [-0.15, -0.1) is 0 Å². The Kier molecular flexibility index (Phi) is 2.99. The highest BCUT2D eigenvalue weighted by Gasteiger charge is 2.18. The number of nitrogens with one attached hydrogen (secondary N) is 1. The average molecular weight is 277 g/mol. The molecule has 5 heteroatoms. The van der Waals surface area contributed by atoms with Crippen LogP contribution in [0.1, 0.15) is 17.2 Å². The first-order valence-electron chi connectivity index (χ1n) is 5.96. The van der Waals surface area contributed by atoms with Crippen molar-refractivity contribution in [2.24, 2.45) is 0 Å². The number of hydrogen-bond donors (Lipinski definition) is 2. The maximum atomic E-state index is 13.6. The van der Waals surface area contributed by atoms with Crippen molar-refractivity contribution in [3.05, 3.63) is 71.2 Å². The van der Waals surface area contributed by atoms with E-state index in [1.807, 2.05) is 0 Å². The van der Waals surface area contributed by atoms with Gasteiger partial charge in [-0.2, -0.15) is 0 Å². The molecule has 0 aliphatic rings. The van der Waals surface area contributed by atoms with Gasteiger partial charge in [-0.3, -0.25) is 0 Å². The largest absolute Gasteiger partial charge is 0.384 e. The molecule has 0 aliphatic carbocycles. The van der Waals surface area contributed by atoms with Crippen LogP contribution in [0.2, 0.25) is 0 Å². The van der Waals surface area contributed by atoms with Crippen LogP contribution in [0.15, 0.2) is 42.6 Å². The van der Waals surface area contributed by atoms with Gasteiger partial charge < -0.3 is 10.1 Å². The molecule has 2 N–H and O–H groups in total. The molecule has 1 unspecified atom stereocenters. The number of aliphatic hydroxyl groups excluding tert-OH is 1. The Balaban J connectivity index is 2.07. The molecular weight excluding hydrogens is 267 g/mol. The zero-order valence-electron chi connectivity index (χ0n) is 10.2. The number of H-pyrrole nitrogens is 1. The van der Waals surface area contributed by atoms with Crippen molar-refractivity contribution in [3.63, 3.8) is 0 Å². The molecule has 0 saturated carbocycles. The lowest BCUT2D eigenvalue weighted by Crippen LogP contribution is -2.04. The molecule has 0 fully saturated rings. The van der Waals surface area contributed by atoms with E-state index in [0.29, 0.717) is 17.7 Å². The summed E-state index contributed by atoms with van der Waals surface area (Å²) >= 11 is 0. The third kappa shape index (κ3) is 2.06. The van der Waals surface area contributed by atoms with Crippen LogP contribution in [-0.2, 0) is 0 Å². The van der Waals surface area contributed by atoms with Gasteiger partial charge in [0, 0.05) is 23.3 Å². The van der Waals surface area contributed by atoms with E-state index in [9.17, 15) is 18.3 Å². The summed E-state index contributed by atoms with van der Waals surface area (Å²) in [4.78, 5) is 2.99. The average Bonchev–Trinajstić information content (AvgIpc) is 2.89. The van der Waals surface area contributed by atoms with E-state index in [0.717, 1.165) is 10.9 Å². The number of aromatic nitrogens is 1. The molecule has 0 radical (unpaired) electrons. The molecule has 2 nitrogen and oxygen atoms in total. The van der Waals surface area contributed by atoms with Crippen molar-refractivity contribution in [1.29, 1.82) is 0 Å². The molecule has 1 aromatic heterocycles. The summed E-state index contributed by atoms with van der Waals surface area (Å²) in [6.07, 6.45) is 0.378. The Bertz CT molecular complexity index is 782. The smallest absolute Gasteiger partial charge is 0.161 e. The summed E-state index contributed by atoms with van der Waals surface area (Å²) in [7, 11) is 0. The number of hydrogen-bond acceptors (Lipinski definition) is 1. The second kappa shape index (κ2) is 4.68. The minimum absolute atomic E-state index is 0.293. The third-order valence-corrected chi connectivity index (χ3v) is 3.23. The molecule has 0 spiro atoms. The highest BCUT2D eigenvalue weighted by Crippen LogP contribution is 2.28. The number of aliphatic hydroxyl groups is 1. The predicted molar refractivity (Wildman–Crippen MR) is 68.7 cm³/mol. The molecular formula is C15H10F3NO. The molecule has 0 amide bonds. The Morgan fingerprint density at radius 3 is 2.45 bits per heavy atom. The maximum absolute atomic E-state index is 13.6. The zero-order valence-corrected chi connectivity index (χ0v) is 10.2. The van der Waals surface area contributed by atoms with Crippen molar-refractivity contribution in [3.8, 4) is 0 Å². The lowest BCUT2D eigenvalue weighted by Gasteiger charge is -2.13.